The SMILES string of the molecule is C.CC(=O)N1CCC(COc2ncc(-c3cccc(COC(=O)CC(=N)N)c3F)cn2)CC1. The maximum absolute atomic E-state index is 14.9. The fraction of sp³-hybridized carbons (Fsp3) is 0.435. The number of nitrogens with two attached hydrogens (primary N) is 1. The molecule has 0 aliphatic carbocycles. The van der Waals surface area contributed by atoms with E-state index >= 15 is 0 Å². The zero-order valence-corrected chi connectivity index (χ0v) is 17.8. The van der Waals surface area contributed by atoms with Crippen LogP contribution in [0.3, 0.4) is 0 Å². The third-order valence-corrected chi connectivity index (χ3v) is 5.25. The molecule has 1 aliphatic rings. The van der Waals surface area contributed by atoms with Crippen LogP contribution < -0.4 is 10.5 Å². The molecule has 0 unspecified atom stereocenters. The Kier molecular flexibility index (Phi) is 9.26. The summed E-state index contributed by atoms with van der Waals surface area (Å²) in [5.41, 5.74) is 6.08. The number of ether oxygens (including phenoxy) is 2. The molecule has 1 fully saturated rings. The lowest BCUT2D eigenvalue weighted by molar-refractivity contribution is -0.143. The van der Waals surface area contributed by atoms with Gasteiger partial charge in [0.1, 0.15) is 24.7 Å². The van der Waals surface area contributed by atoms with Crippen molar-refractivity contribution in [1.82, 2.24) is 14.9 Å². The smallest absolute Gasteiger partial charge is 0.316 e. The molecular weight excluding hydrogens is 429 g/mol. The molecule has 10 heteroatoms. The average molecular weight is 460 g/mol. The van der Waals surface area contributed by atoms with Gasteiger partial charge in [0.15, 0.2) is 0 Å². The first-order valence-corrected chi connectivity index (χ1v) is 10.3. The van der Waals surface area contributed by atoms with Crippen molar-refractivity contribution in [2.24, 2.45) is 11.7 Å². The second-order valence-electron chi connectivity index (χ2n) is 7.66. The molecule has 2 aromatic rings. The number of esters is 1. The van der Waals surface area contributed by atoms with Gasteiger partial charge in [-0.25, -0.2) is 14.4 Å². The number of hydrogen-bond donors (Lipinski definition) is 2. The predicted molar refractivity (Wildman–Crippen MR) is 121 cm³/mol. The summed E-state index contributed by atoms with van der Waals surface area (Å²) >= 11 is 0. The third-order valence-electron chi connectivity index (χ3n) is 5.25. The minimum Gasteiger partial charge on any atom is -0.463 e. The van der Waals surface area contributed by atoms with Gasteiger partial charge in [-0.1, -0.05) is 25.6 Å². The Balaban J connectivity index is 0.00000385. The number of nitrogens with one attached hydrogen (secondary N) is 1. The summed E-state index contributed by atoms with van der Waals surface area (Å²) in [4.78, 5) is 33.1. The second kappa shape index (κ2) is 11.9. The quantitative estimate of drug-likeness (QED) is 0.352. The maximum Gasteiger partial charge on any atom is 0.316 e. The molecule has 2 heterocycles. The number of aromatic nitrogens is 2. The zero-order valence-electron chi connectivity index (χ0n) is 17.8. The summed E-state index contributed by atoms with van der Waals surface area (Å²) in [5.74, 6) is -1.13. The lowest BCUT2D eigenvalue weighted by Gasteiger charge is -2.30. The van der Waals surface area contributed by atoms with Gasteiger partial charge < -0.3 is 20.1 Å². The van der Waals surface area contributed by atoms with Crippen LogP contribution >= 0.6 is 0 Å². The molecule has 0 atom stereocenters. The Morgan fingerprint density at radius 3 is 2.52 bits per heavy atom. The van der Waals surface area contributed by atoms with E-state index in [-0.39, 0.29) is 49.3 Å². The number of benzene rings is 1. The largest absolute Gasteiger partial charge is 0.463 e. The number of piperidine rings is 1. The van der Waals surface area contributed by atoms with Gasteiger partial charge in [-0.05, 0) is 18.8 Å². The highest BCUT2D eigenvalue weighted by Crippen LogP contribution is 2.25. The van der Waals surface area contributed by atoms with Crippen molar-refractivity contribution >= 4 is 17.7 Å². The van der Waals surface area contributed by atoms with Crippen LogP contribution in [0.25, 0.3) is 11.1 Å². The molecule has 178 valence electrons. The van der Waals surface area contributed by atoms with Gasteiger partial charge in [-0.15, -0.1) is 0 Å². The molecule has 0 radical (unpaired) electrons. The van der Waals surface area contributed by atoms with E-state index in [0.29, 0.717) is 18.1 Å². The highest BCUT2D eigenvalue weighted by atomic mass is 19.1. The minimum atomic E-state index is -0.695. The molecule has 1 amide bonds. The van der Waals surface area contributed by atoms with Crippen molar-refractivity contribution in [3.8, 4) is 17.1 Å². The van der Waals surface area contributed by atoms with E-state index in [1.54, 1.807) is 19.1 Å². The molecule has 0 bridgehead atoms. The Hall–Kier alpha value is -3.56. The van der Waals surface area contributed by atoms with Crippen LogP contribution in [0.5, 0.6) is 6.01 Å². The van der Waals surface area contributed by atoms with Gasteiger partial charge in [0.05, 0.1) is 6.61 Å². The monoisotopic (exact) mass is 459 g/mol. The van der Waals surface area contributed by atoms with Crippen LogP contribution in [-0.4, -0.2) is 52.3 Å². The third kappa shape index (κ3) is 7.23. The Morgan fingerprint density at radius 1 is 1.24 bits per heavy atom. The van der Waals surface area contributed by atoms with E-state index in [2.05, 4.69) is 9.97 Å². The minimum absolute atomic E-state index is 0. The van der Waals surface area contributed by atoms with Crippen LogP contribution in [0.1, 0.15) is 39.2 Å². The summed E-state index contributed by atoms with van der Waals surface area (Å²) in [6.07, 6.45) is 4.35. The van der Waals surface area contributed by atoms with Crippen LogP contribution in [0.4, 0.5) is 4.39 Å². The fourth-order valence-electron chi connectivity index (χ4n) is 3.42. The first-order valence-electron chi connectivity index (χ1n) is 10.3. The van der Waals surface area contributed by atoms with E-state index in [0.717, 1.165) is 25.9 Å². The standard InChI is InChI=1S/C22H26FN5O4.CH4/c1-14(29)28-7-5-15(6-8-28)12-32-22-26-10-17(11-27-22)18-4-2-3-16(21(18)23)13-31-20(30)9-19(24)25;/h2-4,10-11,15H,5-9,12-13H2,1H3,(H3,24,25);1H4. The molecular formula is C23H30FN5O4. The topological polar surface area (TPSA) is 131 Å². The lowest BCUT2D eigenvalue weighted by Crippen LogP contribution is -2.38. The number of amides is 1. The summed E-state index contributed by atoms with van der Waals surface area (Å²) in [5, 5.41) is 7.09. The first-order chi connectivity index (χ1) is 15.3. The van der Waals surface area contributed by atoms with Crippen molar-refractivity contribution < 1.29 is 23.5 Å². The molecule has 0 saturated carbocycles. The molecule has 1 aliphatic heterocycles. The Morgan fingerprint density at radius 2 is 1.91 bits per heavy atom. The Bertz CT molecular complexity index is 975. The molecule has 1 saturated heterocycles. The van der Waals surface area contributed by atoms with Gasteiger partial charge in [0, 0.05) is 49.1 Å². The van der Waals surface area contributed by atoms with Crippen LogP contribution in [0.2, 0.25) is 0 Å². The number of likely N-dealkylation sites (tertiary alicyclic amines) is 1. The summed E-state index contributed by atoms with van der Waals surface area (Å²) in [7, 11) is 0. The van der Waals surface area contributed by atoms with Crippen molar-refractivity contribution in [2.45, 2.75) is 40.2 Å². The Labute approximate surface area is 192 Å². The van der Waals surface area contributed by atoms with Gasteiger partial charge in [-0.2, -0.15) is 0 Å². The number of amidine groups is 1. The van der Waals surface area contributed by atoms with E-state index < -0.39 is 11.8 Å². The highest BCUT2D eigenvalue weighted by molar-refractivity contribution is 5.94. The van der Waals surface area contributed by atoms with Crippen LogP contribution in [0.15, 0.2) is 30.6 Å². The normalized spacial score (nSPS) is 13.7. The molecule has 3 rings (SSSR count). The predicted octanol–water partition coefficient (Wildman–Crippen LogP) is 2.93. The number of hydrogen-bond acceptors (Lipinski definition) is 7. The van der Waals surface area contributed by atoms with Gasteiger partial charge >= 0.3 is 12.0 Å². The number of carbonyl (C=O) groups is 2. The number of halogens is 1. The van der Waals surface area contributed by atoms with Crippen molar-refractivity contribution in [1.29, 1.82) is 5.41 Å². The molecule has 1 aromatic carbocycles. The molecule has 1 aromatic heterocycles. The van der Waals surface area contributed by atoms with Gasteiger partial charge in [0.25, 0.3) is 0 Å². The van der Waals surface area contributed by atoms with Crippen LogP contribution in [0, 0.1) is 17.1 Å². The molecule has 3 N–H and O–H groups in total. The van der Waals surface area contributed by atoms with E-state index in [9.17, 15) is 14.0 Å². The summed E-state index contributed by atoms with van der Waals surface area (Å²) in [6, 6.07) is 4.94. The second-order valence-corrected chi connectivity index (χ2v) is 7.66. The zero-order chi connectivity index (χ0) is 23.1. The van der Waals surface area contributed by atoms with Crippen molar-refractivity contribution in [2.75, 3.05) is 19.7 Å². The number of carbonyl (C=O) groups excluding carboxylic acids is 2. The van der Waals surface area contributed by atoms with E-state index in [1.165, 1.54) is 18.5 Å². The van der Waals surface area contributed by atoms with E-state index in [1.807, 2.05) is 4.90 Å². The van der Waals surface area contributed by atoms with E-state index in [4.69, 9.17) is 20.6 Å². The average Bonchev–Trinajstić information content (AvgIpc) is 2.77. The fourth-order valence-corrected chi connectivity index (χ4v) is 3.42. The van der Waals surface area contributed by atoms with Crippen molar-refractivity contribution in [3.05, 3.63) is 42.0 Å². The number of nitrogens with zero attached hydrogens (tertiary/aromatic N) is 3. The lowest BCUT2D eigenvalue weighted by atomic mass is 9.98. The van der Waals surface area contributed by atoms with Gasteiger partial charge in [-0.3, -0.25) is 15.0 Å². The first kappa shape index (κ1) is 25.7. The summed E-state index contributed by atoms with van der Waals surface area (Å²) < 4.78 is 25.5. The highest BCUT2D eigenvalue weighted by Gasteiger charge is 2.21. The molecule has 9 nitrogen and oxygen atoms in total. The summed E-state index contributed by atoms with van der Waals surface area (Å²) in [6.45, 7) is 3.22. The van der Waals surface area contributed by atoms with Crippen LogP contribution in [-0.2, 0) is 20.9 Å². The van der Waals surface area contributed by atoms with Gasteiger partial charge in [0.2, 0.25) is 5.91 Å². The number of rotatable bonds is 8. The molecule has 33 heavy (non-hydrogen) atoms. The maximum atomic E-state index is 14.9. The van der Waals surface area contributed by atoms with Crippen molar-refractivity contribution in [3.63, 3.8) is 0 Å². The molecule has 0 spiro atoms.